The number of nitrogens with zero attached hydrogens (tertiary/aromatic N) is 4. The first-order valence-corrected chi connectivity index (χ1v) is 12.9. The quantitative estimate of drug-likeness (QED) is 0.113. The smallest absolute Gasteiger partial charge is 0.220 e. The van der Waals surface area contributed by atoms with Crippen LogP contribution in [-0.2, 0) is 6.61 Å². The molecule has 0 unspecified atom stereocenters. The monoisotopic (exact) mass is 582 g/mol. The molecular weight excluding hydrogens is 566 g/mol. The van der Waals surface area contributed by atoms with E-state index in [0.29, 0.717) is 32.3 Å². The molecule has 7 nitrogen and oxygen atoms in total. The lowest BCUT2D eigenvalue weighted by Crippen LogP contribution is -2.11. The average molecular weight is 584 g/mol. The highest BCUT2D eigenvalue weighted by molar-refractivity contribution is 7.99. The Hall–Kier alpha value is -2.49. The number of thioether (sulfide) groups is 1. The second kappa shape index (κ2) is 11.7. The molecule has 1 aromatic heterocycles. The molecule has 0 amide bonds. The Kier molecular flexibility index (Phi) is 8.64. The Bertz CT molecular complexity index is 1360. The lowest BCUT2D eigenvalue weighted by atomic mass is 10.1. The molecule has 0 aliphatic heterocycles. The van der Waals surface area contributed by atoms with Gasteiger partial charge in [-0.2, -0.15) is 0 Å². The molecule has 36 heavy (non-hydrogen) atoms. The maximum Gasteiger partial charge on any atom is 0.220 e. The predicted molar refractivity (Wildman–Crippen MR) is 144 cm³/mol. The first kappa shape index (κ1) is 26.6. The topological polar surface area (TPSA) is 83.1 Å². The molecule has 0 saturated heterocycles. The van der Waals surface area contributed by atoms with E-state index < -0.39 is 5.25 Å². The fourth-order valence-electron chi connectivity index (χ4n) is 3.42. The summed E-state index contributed by atoms with van der Waals surface area (Å²) >= 11 is 26.1. The number of hydrogen-bond donors (Lipinski definition) is 0. The highest BCUT2D eigenvalue weighted by atomic mass is 35.5. The molecule has 3 aromatic carbocycles. The second-order valence-corrected chi connectivity index (χ2v) is 10.5. The Morgan fingerprint density at radius 2 is 1.56 bits per heavy atom. The van der Waals surface area contributed by atoms with Gasteiger partial charge in [0.1, 0.15) is 17.7 Å². The van der Waals surface area contributed by atoms with Gasteiger partial charge in [-0.1, -0.05) is 70.3 Å². The Morgan fingerprint density at radius 3 is 2.14 bits per heavy atom. The SMILES string of the molecule is Cc1nnc(S[C@H](C[N+](=O)[O-])c2cc(Cl)c(OCc3ccc(Cl)cc3)c(Cl)c2)n1-c1ccc(Cl)cc1. The van der Waals surface area contributed by atoms with Crippen LogP contribution in [0.3, 0.4) is 0 Å². The summed E-state index contributed by atoms with van der Waals surface area (Å²) in [6.07, 6.45) is 0. The first-order valence-electron chi connectivity index (χ1n) is 10.5. The Labute approximate surface area is 231 Å². The van der Waals surface area contributed by atoms with Crippen LogP contribution in [0.15, 0.2) is 65.8 Å². The van der Waals surface area contributed by atoms with Gasteiger partial charge in [-0.3, -0.25) is 14.7 Å². The Balaban J connectivity index is 1.61. The van der Waals surface area contributed by atoms with E-state index in [0.717, 1.165) is 11.3 Å². The van der Waals surface area contributed by atoms with Crippen molar-refractivity contribution in [2.45, 2.75) is 23.9 Å². The van der Waals surface area contributed by atoms with E-state index in [-0.39, 0.29) is 28.1 Å². The van der Waals surface area contributed by atoms with Gasteiger partial charge < -0.3 is 4.74 Å². The summed E-state index contributed by atoms with van der Waals surface area (Å²) in [7, 11) is 0. The molecule has 4 rings (SSSR count). The summed E-state index contributed by atoms with van der Waals surface area (Å²) in [6, 6.07) is 17.6. The largest absolute Gasteiger partial charge is 0.486 e. The molecule has 0 aliphatic carbocycles. The van der Waals surface area contributed by atoms with Gasteiger partial charge in [-0.05, 0) is 66.6 Å². The number of hydrogen-bond acceptors (Lipinski definition) is 6. The van der Waals surface area contributed by atoms with Gasteiger partial charge in [0, 0.05) is 20.7 Å². The molecule has 186 valence electrons. The summed E-state index contributed by atoms with van der Waals surface area (Å²) < 4.78 is 7.64. The third-order valence-electron chi connectivity index (χ3n) is 5.13. The molecule has 0 radical (unpaired) electrons. The van der Waals surface area contributed by atoms with E-state index in [1.807, 2.05) is 24.3 Å². The van der Waals surface area contributed by atoms with Crippen LogP contribution < -0.4 is 4.74 Å². The Morgan fingerprint density at radius 1 is 0.972 bits per heavy atom. The van der Waals surface area contributed by atoms with Gasteiger partial charge >= 0.3 is 0 Å². The van der Waals surface area contributed by atoms with Crippen molar-refractivity contribution < 1.29 is 9.66 Å². The van der Waals surface area contributed by atoms with Crippen LogP contribution in [0.1, 0.15) is 22.2 Å². The maximum atomic E-state index is 11.5. The fourth-order valence-corrected chi connectivity index (χ4v) is 5.44. The first-order chi connectivity index (χ1) is 17.2. The van der Waals surface area contributed by atoms with Gasteiger partial charge in [0.25, 0.3) is 0 Å². The van der Waals surface area contributed by atoms with E-state index in [2.05, 4.69) is 10.2 Å². The van der Waals surface area contributed by atoms with Crippen molar-refractivity contribution in [2.24, 2.45) is 0 Å². The van der Waals surface area contributed by atoms with Gasteiger partial charge in [0.05, 0.1) is 10.0 Å². The van der Waals surface area contributed by atoms with Gasteiger partial charge in [0.15, 0.2) is 10.9 Å². The van der Waals surface area contributed by atoms with Crippen LogP contribution in [-0.4, -0.2) is 26.2 Å². The fraction of sp³-hybridized carbons (Fsp3) is 0.167. The average Bonchev–Trinajstić information content (AvgIpc) is 3.19. The molecule has 12 heteroatoms. The lowest BCUT2D eigenvalue weighted by Gasteiger charge is -2.17. The number of aryl methyl sites for hydroxylation is 1. The van der Waals surface area contributed by atoms with Crippen molar-refractivity contribution in [2.75, 3.05) is 6.54 Å². The number of aromatic nitrogens is 3. The zero-order valence-corrected chi connectivity index (χ0v) is 22.5. The molecule has 0 saturated carbocycles. The molecule has 0 aliphatic rings. The number of halogens is 4. The minimum absolute atomic E-state index is 0.229. The molecule has 1 atom stereocenters. The third-order valence-corrected chi connectivity index (χ3v) is 7.38. The van der Waals surface area contributed by atoms with Crippen LogP contribution in [0.25, 0.3) is 5.69 Å². The minimum Gasteiger partial charge on any atom is -0.486 e. The maximum absolute atomic E-state index is 11.5. The molecule has 0 fully saturated rings. The van der Waals surface area contributed by atoms with Gasteiger partial charge in [-0.25, -0.2) is 0 Å². The second-order valence-electron chi connectivity index (χ2n) is 7.69. The van der Waals surface area contributed by atoms with Crippen molar-refractivity contribution in [3.63, 3.8) is 0 Å². The van der Waals surface area contributed by atoms with Gasteiger partial charge in [-0.15, -0.1) is 10.2 Å². The number of ether oxygens (including phenoxy) is 1. The number of nitro groups is 1. The summed E-state index contributed by atoms with van der Waals surface area (Å²) in [6.45, 7) is 1.65. The molecule has 4 aromatic rings. The van der Waals surface area contributed by atoms with E-state index in [1.54, 1.807) is 47.9 Å². The molecule has 0 spiro atoms. The summed E-state index contributed by atoms with van der Waals surface area (Å²) in [5, 5.41) is 21.5. The van der Waals surface area contributed by atoms with Crippen LogP contribution in [0.5, 0.6) is 5.75 Å². The van der Waals surface area contributed by atoms with E-state index in [9.17, 15) is 10.1 Å². The standard InChI is InChI=1S/C24H18Cl4N4O3S/c1-14-29-30-24(32(14)19-8-6-18(26)7-9-19)36-22(12-31(33)34)16-10-20(27)23(21(28)11-16)35-13-15-2-4-17(25)5-3-15/h2-11,22H,12-13H2,1H3/t22-/m1/s1. The molecule has 0 N–H and O–H groups in total. The molecular formula is C24H18Cl4N4O3S. The molecule has 0 bridgehead atoms. The van der Waals surface area contributed by atoms with E-state index in [1.165, 1.54) is 11.8 Å². The van der Waals surface area contributed by atoms with Crippen LogP contribution in [0, 0.1) is 17.0 Å². The minimum atomic E-state index is -0.644. The van der Waals surface area contributed by atoms with Crippen molar-refractivity contribution in [3.05, 3.63) is 108 Å². The van der Waals surface area contributed by atoms with E-state index >= 15 is 0 Å². The summed E-state index contributed by atoms with van der Waals surface area (Å²) in [5.74, 6) is 0.920. The number of rotatable bonds is 9. The predicted octanol–water partition coefficient (Wildman–Crippen LogP) is 7.88. The van der Waals surface area contributed by atoms with Crippen molar-refractivity contribution in [3.8, 4) is 11.4 Å². The van der Waals surface area contributed by atoms with Crippen LogP contribution >= 0.6 is 58.2 Å². The highest BCUT2D eigenvalue weighted by Crippen LogP contribution is 2.42. The normalized spacial score (nSPS) is 11.9. The summed E-state index contributed by atoms with van der Waals surface area (Å²) in [5.41, 5.74) is 2.23. The van der Waals surface area contributed by atoms with E-state index in [4.69, 9.17) is 51.1 Å². The third kappa shape index (κ3) is 6.44. The number of benzene rings is 3. The zero-order valence-electron chi connectivity index (χ0n) is 18.7. The van der Waals surface area contributed by atoms with Crippen molar-refractivity contribution in [1.82, 2.24) is 14.8 Å². The summed E-state index contributed by atoms with van der Waals surface area (Å²) in [4.78, 5) is 11.1. The lowest BCUT2D eigenvalue weighted by molar-refractivity contribution is -0.479. The molecule has 1 heterocycles. The van der Waals surface area contributed by atoms with Crippen LogP contribution in [0.2, 0.25) is 20.1 Å². The van der Waals surface area contributed by atoms with Crippen LogP contribution in [0.4, 0.5) is 0 Å². The highest BCUT2D eigenvalue weighted by Gasteiger charge is 2.26. The zero-order chi connectivity index (χ0) is 25.8. The van der Waals surface area contributed by atoms with Gasteiger partial charge in [0.2, 0.25) is 6.54 Å². The van der Waals surface area contributed by atoms with Crippen molar-refractivity contribution >= 4 is 58.2 Å². The van der Waals surface area contributed by atoms with Crippen molar-refractivity contribution in [1.29, 1.82) is 0 Å².